The molecule has 0 saturated heterocycles. The Morgan fingerprint density at radius 1 is 1.25 bits per heavy atom. The van der Waals surface area contributed by atoms with Crippen LogP contribution in [-0.4, -0.2) is 34.6 Å². The van der Waals surface area contributed by atoms with Crippen molar-refractivity contribution in [2.75, 3.05) is 6.54 Å². The van der Waals surface area contributed by atoms with E-state index in [0.29, 0.717) is 6.54 Å². The number of aromatic amines is 1. The van der Waals surface area contributed by atoms with E-state index in [1.165, 1.54) is 28.2 Å². The number of hydroxylamine groups is 1. The molecule has 4 rings (SSSR count). The topological polar surface area (TPSA) is 106 Å². The summed E-state index contributed by atoms with van der Waals surface area (Å²) in [4.78, 5) is 26.1. The van der Waals surface area contributed by atoms with Crippen LogP contribution in [-0.2, 0) is 22.4 Å². The lowest BCUT2D eigenvalue weighted by Crippen LogP contribution is -2.43. The first-order chi connectivity index (χ1) is 15.5. The summed E-state index contributed by atoms with van der Waals surface area (Å²) in [6.45, 7) is 2.09. The highest BCUT2D eigenvalue weighted by Gasteiger charge is 2.25. The van der Waals surface area contributed by atoms with Crippen molar-refractivity contribution in [3.63, 3.8) is 0 Å². The normalized spacial score (nSPS) is 16.2. The maximum atomic E-state index is 11.6. The molecule has 0 saturated carbocycles. The molecule has 1 aliphatic carbocycles. The van der Waals surface area contributed by atoms with Gasteiger partial charge in [0, 0.05) is 48.7 Å². The van der Waals surface area contributed by atoms with Crippen molar-refractivity contribution in [2.45, 2.75) is 38.3 Å². The molecule has 5 N–H and O–H groups in total. The molecule has 0 bridgehead atoms. The van der Waals surface area contributed by atoms with Gasteiger partial charge >= 0.3 is 0 Å². The van der Waals surface area contributed by atoms with Crippen LogP contribution in [0.4, 0.5) is 0 Å². The quantitative estimate of drug-likeness (QED) is 0.214. The zero-order valence-corrected chi connectivity index (χ0v) is 18.0. The average Bonchev–Trinajstić information content (AvgIpc) is 3.39. The number of aromatic nitrogens is 1. The number of amides is 2. The predicted octanol–water partition coefficient (Wildman–Crippen LogP) is 3.01. The number of carbonyl (C=O) groups excluding carboxylic acids is 2. The number of hydrogen-bond acceptors (Lipinski definition) is 4. The fourth-order valence-electron chi connectivity index (χ4n) is 4.43. The Kier molecular flexibility index (Phi) is 6.68. The van der Waals surface area contributed by atoms with Gasteiger partial charge in [0.25, 0.3) is 5.91 Å². The molecular formula is C25H28N4O3. The van der Waals surface area contributed by atoms with E-state index in [0.717, 1.165) is 30.3 Å². The third-order valence-corrected chi connectivity index (χ3v) is 5.96. The van der Waals surface area contributed by atoms with E-state index < -0.39 is 5.91 Å². The molecule has 0 radical (unpaired) electrons. The summed E-state index contributed by atoms with van der Waals surface area (Å²) in [6, 6.07) is 14.7. The number of fused-ring (bicyclic) bond motifs is 2. The second kappa shape index (κ2) is 9.80. The Balaban J connectivity index is 1.50. The number of rotatable bonds is 8. The molecular weight excluding hydrogens is 404 g/mol. The van der Waals surface area contributed by atoms with Crippen molar-refractivity contribution in [2.24, 2.45) is 0 Å². The molecule has 2 atom stereocenters. The number of carbonyl (C=O) groups is 2. The van der Waals surface area contributed by atoms with Crippen LogP contribution in [0, 0.1) is 0 Å². The van der Waals surface area contributed by atoms with Crippen molar-refractivity contribution >= 4 is 28.8 Å². The Morgan fingerprint density at radius 2 is 2.09 bits per heavy atom. The Bertz CT molecular complexity index is 1150. The summed E-state index contributed by atoms with van der Waals surface area (Å²) in [6.07, 6.45) is 7.76. The van der Waals surface area contributed by atoms with Crippen molar-refractivity contribution < 1.29 is 14.8 Å². The van der Waals surface area contributed by atoms with Gasteiger partial charge < -0.3 is 15.6 Å². The SMILES string of the molecule is CC(=O)NCC(Cc1c[nH]c2ccccc12)NC1CCc2cc(C=CC(=O)NO)ccc21. The third kappa shape index (κ3) is 5.07. The van der Waals surface area contributed by atoms with E-state index in [4.69, 9.17) is 5.21 Å². The van der Waals surface area contributed by atoms with Gasteiger partial charge in [-0.05, 0) is 53.7 Å². The van der Waals surface area contributed by atoms with Gasteiger partial charge in [0.05, 0.1) is 0 Å². The number of nitrogens with one attached hydrogen (secondary N) is 4. The van der Waals surface area contributed by atoms with Crippen molar-refractivity contribution in [1.29, 1.82) is 0 Å². The number of H-pyrrole nitrogens is 1. The molecule has 1 heterocycles. The fraction of sp³-hybridized carbons (Fsp3) is 0.280. The Hall–Kier alpha value is -3.42. The van der Waals surface area contributed by atoms with Crippen LogP contribution in [0.3, 0.4) is 0 Å². The lowest BCUT2D eigenvalue weighted by molar-refractivity contribution is -0.124. The summed E-state index contributed by atoms with van der Waals surface area (Å²) >= 11 is 0. The molecule has 2 unspecified atom stereocenters. The molecule has 0 spiro atoms. The van der Waals surface area contributed by atoms with Gasteiger partial charge in [-0.1, -0.05) is 36.4 Å². The summed E-state index contributed by atoms with van der Waals surface area (Å²) in [5.74, 6) is -0.589. The molecule has 7 nitrogen and oxygen atoms in total. The van der Waals surface area contributed by atoms with Crippen molar-refractivity contribution in [3.05, 3.63) is 77.0 Å². The molecule has 2 amide bonds. The molecule has 3 aromatic rings. The molecule has 7 heteroatoms. The highest BCUT2D eigenvalue weighted by Crippen LogP contribution is 2.33. The van der Waals surface area contributed by atoms with Crippen LogP contribution in [0.2, 0.25) is 0 Å². The highest BCUT2D eigenvalue weighted by molar-refractivity contribution is 5.90. The minimum absolute atomic E-state index is 0.0362. The van der Waals surface area contributed by atoms with E-state index in [2.05, 4.69) is 46.1 Å². The van der Waals surface area contributed by atoms with Gasteiger partial charge in [-0.2, -0.15) is 0 Å². The predicted molar refractivity (Wildman–Crippen MR) is 124 cm³/mol. The van der Waals surface area contributed by atoms with Crippen LogP contribution < -0.4 is 16.1 Å². The Labute approximate surface area is 186 Å². The smallest absolute Gasteiger partial charge is 0.267 e. The maximum Gasteiger partial charge on any atom is 0.267 e. The van der Waals surface area contributed by atoms with E-state index in [1.54, 1.807) is 18.5 Å². The van der Waals surface area contributed by atoms with Gasteiger partial charge in [0.1, 0.15) is 0 Å². The largest absolute Gasteiger partial charge is 0.361 e. The minimum atomic E-state index is -0.553. The van der Waals surface area contributed by atoms with E-state index in [-0.39, 0.29) is 18.0 Å². The highest BCUT2D eigenvalue weighted by atomic mass is 16.5. The zero-order chi connectivity index (χ0) is 22.5. The van der Waals surface area contributed by atoms with Crippen LogP contribution in [0.15, 0.2) is 54.7 Å². The van der Waals surface area contributed by atoms with E-state index >= 15 is 0 Å². The molecule has 166 valence electrons. The maximum absolute atomic E-state index is 11.6. The molecule has 32 heavy (non-hydrogen) atoms. The van der Waals surface area contributed by atoms with E-state index in [1.807, 2.05) is 18.2 Å². The minimum Gasteiger partial charge on any atom is -0.361 e. The first-order valence-electron chi connectivity index (χ1n) is 10.8. The molecule has 1 aliphatic rings. The summed E-state index contributed by atoms with van der Waals surface area (Å²) in [7, 11) is 0. The first-order valence-corrected chi connectivity index (χ1v) is 10.8. The van der Waals surface area contributed by atoms with Gasteiger partial charge in [-0.15, -0.1) is 0 Å². The molecule has 0 aliphatic heterocycles. The summed E-state index contributed by atoms with van der Waals surface area (Å²) in [5.41, 5.74) is 7.35. The standard InChI is InChI=1S/C25H28N4O3/c1-16(30)26-15-20(13-19-14-27-23-5-3-2-4-21(19)23)28-24-10-8-18-12-17(6-9-22(18)24)7-11-25(31)29-32/h2-7,9,11-12,14,20,24,27-28,32H,8,10,13,15H2,1H3,(H,26,30)(H,29,31). The molecule has 1 aromatic heterocycles. The summed E-state index contributed by atoms with van der Waals surface area (Å²) in [5, 5.41) is 16.6. The van der Waals surface area contributed by atoms with Gasteiger partial charge in [0.2, 0.25) is 5.91 Å². The van der Waals surface area contributed by atoms with Gasteiger partial charge in [0.15, 0.2) is 0 Å². The lowest BCUT2D eigenvalue weighted by atomic mass is 10.0. The van der Waals surface area contributed by atoms with Crippen molar-refractivity contribution in [1.82, 2.24) is 21.1 Å². The zero-order valence-electron chi connectivity index (χ0n) is 18.0. The number of benzene rings is 2. The Morgan fingerprint density at radius 3 is 2.91 bits per heavy atom. The van der Waals surface area contributed by atoms with Crippen molar-refractivity contribution in [3.8, 4) is 0 Å². The number of aryl methyl sites for hydroxylation is 1. The first kappa shape index (κ1) is 21.8. The van der Waals surface area contributed by atoms with Crippen LogP contribution in [0.1, 0.15) is 41.6 Å². The van der Waals surface area contributed by atoms with E-state index in [9.17, 15) is 9.59 Å². The fourth-order valence-corrected chi connectivity index (χ4v) is 4.43. The molecule has 2 aromatic carbocycles. The second-order valence-electron chi connectivity index (χ2n) is 8.22. The second-order valence-corrected chi connectivity index (χ2v) is 8.22. The van der Waals surface area contributed by atoms with Gasteiger partial charge in [-0.25, -0.2) is 5.48 Å². The van der Waals surface area contributed by atoms with Crippen LogP contribution >= 0.6 is 0 Å². The molecule has 0 fully saturated rings. The van der Waals surface area contributed by atoms with Crippen LogP contribution in [0.25, 0.3) is 17.0 Å². The lowest BCUT2D eigenvalue weighted by Gasteiger charge is -2.24. The third-order valence-electron chi connectivity index (χ3n) is 5.96. The summed E-state index contributed by atoms with van der Waals surface area (Å²) < 4.78 is 0. The number of hydrogen-bond donors (Lipinski definition) is 5. The number of para-hydroxylation sites is 1. The monoisotopic (exact) mass is 432 g/mol. The average molecular weight is 433 g/mol. The van der Waals surface area contributed by atoms with Gasteiger partial charge in [-0.3, -0.25) is 14.8 Å². The van der Waals surface area contributed by atoms with Crippen LogP contribution in [0.5, 0.6) is 0 Å².